The highest BCUT2D eigenvalue weighted by Crippen LogP contribution is 2.47. The summed E-state index contributed by atoms with van der Waals surface area (Å²) >= 11 is 0. The monoisotopic (exact) mass is 419 g/mol. The maximum absolute atomic E-state index is 12.6. The van der Waals surface area contributed by atoms with Crippen LogP contribution >= 0.6 is 7.05 Å². The fraction of sp³-hybridized carbons (Fsp3) is 0.0833. The maximum Gasteiger partial charge on any atom is 0.356 e. The van der Waals surface area contributed by atoms with Crippen LogP contribution in [0.1, 0.15) is 0 Å². The molecule has 0 aliphatic carbocycles. The highest BCUT2D eigenvalue weighted by molar-refractivity contribution is 7.87. The second-order valence-corrected chi connectivity index (χ2v) is 9.31. The summed E-state index contributed by atoms with van der Waals surface area (Å²) in [6.07, 6.45) is 1.08. The van der Waals surface area contributed by atoms with Crippen LogP contribution in [0.3, 0.4) is 0 Å². The van der Waals surface area contributed by atoms with E-state index in [9.17, 15) is 9.59 Å². The Morgan fingerprint density at radius 3 is 1.43 bits per heavy atom. The Labute approximate surface area is 176 Å². The highest BCUT2D eigenvalue weighted by atomic mass is 31.2. The molecular weight excluding hydrogens is 397 g/mol. The van der Waals surface area contributed by atoms with E-state index >= 15 is 0 Å². The number of ether oxygens (including phenoxy) is 2. The number of methoxy groups -OCH3 is 2. The van der Waals surface area contributed by atoms with E-state index in [0.29, 0.717) is 0 Å². The van der Waals surface area contributed by atoms with Gasteiger partial charge < -0.3 is 9.47 Å². The minimum Gasteiger partial charge on any atom is -0.466 e. The van der Waals surface area contributed by atoms with Gasteiger partial charge in [0, 0.05) is 15.9 Å². The average molecular weight is 419 g/mol. The van der Waals surface area contributed by atoms with Crippen molar-refractivity contribution < 1.29 is 19.1 Å². The van der Waals surface area contributed by atoms with Crippen molar-refractivity contribution in [2.45, 2.75) is 0 Å². The number of esters is 2. The molecule has 5 nitrogen and oxygen atoms in total. The number of carbonyl (C=O) groups is 2. The molecule has 0 bridgehead atoms. The van der Waals surface area contributed by atoms with Crippen molar-refractivity contribution in [2.24, 2.45) is 4.74 Å². The molecule has 0 unspecified atom stereocenters. The Hall–Kier alpha value is -3.43. The summed E-state index contributed by atoms with van der Waals surface area (Å²) in [7, 11) is -0.183. The average Bonchev–Trinajstić information content (AvgIpc) is 2.82. The zero-order chi connectivity index (χ0) is 21.4. The van der Waals surface area contributed by atoms with Gasteiger partial charge in [0.05, 0.1) is 27.4 Å². The molecule has 0 fully saturated rings. The van der Waals surface area contributed by atoms with Crippen LogP contribution in [0.25, 0.3) is 0 Å². The van der Waals surface area contributed by atoms with Gasteiger partial charge >= 0.3 is 11.9 Å². The van der Waals surface area contributed by atoms with Gasteiger partial charge in [-0.15, -0.1) is 0 Å². The first-order valence-corrected chi connectivity index (χ1v) is 11.0. The fourth-order valence-electron chi connectivity index (χ4n) is 3.12. The van der Waals surface area contributed by atoms with Gasteiger partial charge in [-0.1, -0.05) is 91.0 Å². The first-order valence-electron chi connectivity index (χ1n) is 9.29. The highest BCUT2D eigenvalue weighted by Gasteiger charge is 2.29. The Kier molecular flexibility index (Phi) is 6.99. The largest absolute Gasteiger partial charge is 0.466 e. The Morgan fingerprint density at radius 2 is 1.10 bits per heavy atom. The molecule has 0 radical (unpaired) electrons. The number of carbonyl (C=O) groups excluding carboxylic acids is 2. The summed E-state index contributed by atoms with van der Waals surface area (Å²) in [4.78, 5) is 24.5. The van der Waals surface area contributed by atoms with Crippen molar-refractivity contribution in [1.82, 2.24) is 0 Å². The molecule has 3 rings (SSSR count). The summed E-state index contributed by atoms with van der Waals surface area (Å²) in [5.74, 6) is -1.38. The summed E-state index contributed by atoms with van der Waals surface area (Å²) in [6.45, 7) is 0. The van der Waals surface area contributed by atoms with Crippen molar-refractivity contribution in [3.63, 3.8) is 0 Å². The molecule has 0 N–H and O–H groups in total. The van der Waals surface area contributed by atoms with Crippen LogP contribution in [0.2, 0.25) is 0 Å². The standard InChI is InChI=1S/C24H22NO4P/c1-28-23(26)18-22(24(27)29-2)25-30(19-12-6-3-7-13-19,20-14-8-4-9-15-20)21-16-10-5-11-17-21/h3-18H,1-2H3/b22-18-. The lowest BCUT2D eigenvalue weighted by molar-refractivity contribution is -0.138. The molecule has 0 heterocycles. The van der Waals surface area contributed by atoms with E-state index in [1.807, 2.05) is 91.0 Å². The van der Waals surface area contributed by atoms with Crippen LogP contribution in [0, 0.1) is 0 Å². The molecule has 30 heavy (non-hydrogen) atoms. The summed E-state index contributed by atoms with van der Waals surface area (Å²) in [6, 6.07) is 29.4. The zero-order valence-corrected chi connectivity index (χ0v) is 17.7. The maximum atomic E-state index is 12.6. The van der Waals surface area contributed by atoms with Crippen molar-refractivity contribution >= 4 is 34.9 Å². The van der Waals surface area contributed by atoms with Gasteiger partial charge in [-0.25, -0.2) is 14.3 Å². The SMILES string of the molecule is COC(=O)/C=C(\N=P(c1ccccc1)(c1ccccc1)c1ccccc1)C(=O)OC. The topological polar surface area (TPSA) is 65.0 Å². The molecule has 3 aromatic rings. The lowest BCUT2D eigenvalue weighted by atomic mass is 10.4. The molecule has 3 aromatic carbocycles. The number of nitrogens with zero attached hydrogens (tertiary/aromatic N) is 1. The predicted molar refractivity (Wildman–Crippen MR) is 120 cm³/mol. The molecule has 0 spiro atoms. The molecular formula is C24H22NO4P. The van der Waals surface area contributed by atoms with E-state index in [0.717, 1.165) is 22.0 Å². The van der Waals surface area contributed by atoms with E-state index in [1.165, 1.54) is 14.2 Å². The third-order valence-electron chi connectivity index (χ3n) is 4.50. The summed E-state index contributed by atoms with van der Waals surface area (Å²) in [5, 5.41) is 2.84. The third kappa shape index (κ3) is 4.42. The van der Waals surface area contributed by atoms with Crippen LogP contribution in [-0.2, 0) is 19.1 Å². The summed E-state index contributed by atoms with van der Waals surface area (Å²) < 4.78 is 14.6. The number of benzene rings is 3. The molecule has 0 atom stereocenters. The third-order valence-corrected chi connectivity index (χ3v) is 8.15. The first-order chi connectivity index (χ1) is 14.6. The zero-order valence-electron chi connectivity index (χ0n) is 16.8. The molecule has 0 amide bonds. The minimum absolute atomic E-state index is 0.0887. The van der Waals surface area contributed by atoms with E-state index in [2.05, 4.69) is 0 Å². The fourth-order valence-corrected chi connectivity index (χ4v) is 6.63. The normalized spacial score (nSPS) is 11.5. The van der Waals surface area contributed by atoms with Gasteiger partial charge in [0.2, 0.25) is 0 Å². The minimum atomic E-state index is -2.70. The van der Waals surface area contributed by atoms with Gasteiger partial charge in [-0.05, 0) is 0 Å². The second-order valence-electron chi connectivity index (χ2n) is 6.29. The number of hydrogen-bond acceptors (Lipinski definition) is 5. The van der Waals surface area contributed by atoms with E-state index in [-0.39, 0.29) is 5.70 Å². The van der Waals surface area contributed by atoms with Crippen molar-refractivity contribution in [3.8, 4) is 0 Å². The van der Waals surface area contributed by atoms with Crippen molar-refractivity contribution in [3.05, 3.63) is 103 Å². The van der Waals surface area contributed by atoms with E-state index in [4.69, 9.17) is 14.2 Å². The molecule has 6 heteroatoms. The summed E-state index contributed by atoms with van der Waals surface area (Å²) in [5.41, 5.74) is -0.0887. The molecule has 0 aliphatic heterocycles. The van der Waals surface area contributed by atoms with Crippen LogP contribution in [0.5, 0.6) is 0 Å². The molecule has 152 valence electrons. The van der Waals surface area contributed by atoms with Crippen LogP contribution < -0.4 is 15.9 Å². The second kappa shape index (κ2) is 9.86. The predicted octanol–water partition coefficient (Wildman–Crippen LogP) is 3.39. The number of hydrogen-bond donors (Lipinski definition) is 0. The lowest BCUT2D eigenvalue weighted by Gasteiger charge is -2.27. The van der Waals surface area contributed by atoms with Gasteiger partial charge in [-0.2, -0.15) is 0 Å². The number of rotatable bonds is 6. The van der Waals surface area contributed by atoms with Crippen molar-refractivity contribution in [2.75, 3.05) is 14.2 Å². The molecule has 0 saturated heterocycles. The quantitative estimate of drug-likeness (QED) is 0.349. The van der Waals surface area contributed by atoms with Crippen LogP contribution in [0.15, 0.2) is 108 Å². The van der Waals surface area contributed by atoms with E-state index < -0.39 is 19.0 Å². The van der Waals surface area contributed by atoms with Gasteiger partial charge in [0.15, 0.2) is 5.70 Å². The van der Waals surface area contributed by atoms with E-state index in [1.54, 1.807) is 0 Å². The van der Waals surface area contributed by atoms with Gasteiger partial charge in [0.1, 0.15) is 0 Å². The van der Waals surface area contributed by atoms with Gasteiger partial charge in [0.25, 0.3) is 0 Å². The molecule has 0 saturated carbocycles. The molecule has 0 aliphatic rings. The Morgan fingerprint density at radius 1 is 0.700 bits per heavy atom. The molecule has 0 aromatic heterocycles. The Bertz CT molecular complexity index is 990. The first kappa shape index (κ1) is 21.3. The van der Waals surface area contributed by atoms with Gasteiger partial charge in [-0.3, -0.25) is 0 Å². The van der Waals surface area contributed by atoms with Crippen molar-refractivity contribution in [1.29, 1.82) is 0 Å². The van der Waals surface area contributed by atoms with Crippen LogP contribution in [-0.4, -0.2) is 26.2 Å². The lowest BCUT2D eigenvalue weighted by Crippen LogP contribution is -2.26. The smallest absolute Gasteiger partial charge is 0.356 e. The Balaban J connectivity index is 2.47. The van der Waals surface area contributed by atoms with Crippen LogP contribution in [0.4, 0.5) is 0 Å².